The van der Waals surface area contributed by atoms with Gasteiger partial charge in [-0.3, -0.25) is 0 Å². The molecule has 0 spiro atoms. The van der Waals surface area contributed by atoms with Crippen molar-refractivity contribution >= 4 is 0 Å². The Labute approximate surface area is 137 Å². The fourth-order valence-corrected chi connectivity index (χ4v) is 2.86. The number of hydrogen-bond acceptors (Lipinski definition) is 9. The molecule has 124 valence electrons. The maximum Gasteiger partial charge on any atom is 0.240 e. The van der Waals surface area contributed by atoms with Crippen LogP contribution in [0.15, 0.2) is 27.5 Å². The van der Waals surface area contributed by atoms with Crippen LogP contribution < -0.4 is 5.73 Å². The molecule has 0 bridgehead atoms. The van der Waals surface area contributed by atoms with Gasteiger partial charge in [0.1, 0.15) is 0 Å². The van der Waals surface area contributed by atoms with Crippen molar-refractivity contribution in [3.8, 4) is 11.6 Å². The molecule has 4 rings (SSSR count). The molecule has 0 unspecified atom stereocenters. The zero-order chi connectivity index (χ0) is 16.4. The van der Waals surface area contributed by atoms with E-state index in [0.717, 1.165) is 25.7 Å². The van der Waals surface area contributed by atoms with Crippen LogP contribution in [0.2, 0.25) is 0 Å². The first-order valence-corrected chi connectivity index (χ1v) is 7.95. The molecule has 3 aromatic heterocycles. The van der Waals surface area contributed by atoms with Gasteiger partial charge < -0.3 is 14.8 Å². The second-order valence-corrected chi connectivity index (χ2v) is 5.96. The van der Waals surface area contributed by atoms with Crippen molar-refractivity contribution in [1.29, 1.82) is 0 Å². The fraction of sp³-hybridized carbons (Fsp3) is 0.467. The largest absolute Gasteiger partial charge is 0.339 e. The summed E-state index contributed by atoms with van der Waals surface area (Å²) >= 11 is 0. The van der Waals surface area contributed by atoms with Crippen LogP contribution in [0.4, 0.5) is 0 Å². The maximum atomic E-state index is 6.33. The number of nitrogens with two attached hydrogens (primary N) is 1. The summed E-state index contributed by atoms with van der Waals surface area (Å²) in [5, 5.41) is 7.92. The molecule has 9 nitrogen and oxygen atoms in total. The van der Waals surface area contributed by atoms with E-state index in [-0.39, 0.29) is 0 Å². The molecule has 0 atom stereocenters. The number of nitrogens with zero attached hydrogens (tertiary/aromatic N) is 6. The van der Waals surface area contributed by atoms with Gasteiger partial charge in [0.05, 0.1) is 5.54 Å². The van der Waals surface area contributed by atoms with Gasteiger partial charge in [-0.05, 0) is 18.9 Å². The minimum Gasteiger partial charge on any atom is -0.339 e. The molecule has 0 saturated heterocycles. The maximum absolute atomic E-state index is 6.33. The summed E-state index contributed by atoms with van der Waals surface area (Å²) in [5.74, 6) is 2.39. The summed E-state index contributed by atoms with van der Waals surface area (Å²) < 4.78 is 10.5. The van der Waals surface area contributed by atoms with Gasteiger partial charge in [-0.25, -0.2) is 9.97 Å². The van der Waals surface area contributed by atoms with E-state index in [4.69, 9.17) is 14.8 Å². The van der Waals surface area contributed by atoms with Crippen LogP contribution in [0, 0.1) is 0 Å². The molecule has 9 heteroatoms. The van der Waals surface area contributed by atoms with Gasteiger partial charge in [0.2, 0.25) is 23.4 Å². The SMILES string of the molecule is NC1(c2noc(CCc3nc(-c4ncccn4)no3)n2)CCCC1. The van der Waals surface area contributed by atoms with Gasteiger partial charge in [-0.15, -0.1) is 0 Å². The quantitative estimate of drug-likeness (QED) is 0.739. The lowest BCUT2D eigenvalue weighted by atomic mass is 9.99. The van der Waals surface area contributed by atoms with Crippen LogP contribution in [0.5, 0.6) is 0 Å². The van der Waals surface area contributed by atoms with Crippen LogP contribution in [-0.2, 0) is 18.4 Å². The van der Waals surface area contributed by atoms with Crippen molar-refractivity contribution in [1.82, 2.24) is 30.2 Å². The molecule has 1 saturated carbocycles. The normalized spacial score (nSPS) is 16.5. The molecule has 24 heavy (non-hydrogen) atoms. The Morgan fingerprint density at radius 2 is 1.58 bits per heavy atom. The number of rotatable bonds is 5. The van der Waals surface area contributed by atoms with E-state index < -0.39 is 5.54 Å². The van der Waals surface area contributed by atoms with Crippen molar-refractivity contribution < 1.29 is 9.05 Å². The van der Waals surface area contributed by atoms with Crippen molar-refractivity contribution in [3.05, 3.63) is 36.1 Å². The van der Waals surface area contributed by atoms with E-state index in [2.05, 4.69) is 30.2 Å². The van der Waals surface area contributed by atoms with E-state index in [1.54, 1.807) is 18.5 Å². The molecule has 2 N–H and O–H groups in total. The molecule has 1 aliphatic rings. The fourth-order valence-electron chi connectivity index (χ4n) is 2.86. The third kappa shape index (κ3) is 2.90. The van der Waals surface area contributed by atoms with Crippen LogP contribution in [0.25, 0.3) is 11.6 Å². The highest BCUT2D eigenvalue weighted by Crippen LogP contribution is 2.34. The minimum absolute atomic E-state index is 0.365. The van der Waals surface area contributed by atoms with Crippen LogP contribution in [0.1, 0.15) is 43.3 Å². The third-order valence-corrected chi connectivity index (χ3v) is 4.20. The molecule has 3 aromatic rings. The first-order valence-electron chi connectivity index (χ1n) is 7.95. The highest BCUT2D eigenvalue weighted by Gasteiger charge is 2.35. The van der Waals surface area contributed by atoms with E-state index >= 15 is 0 Å². The Morgan fingerprint density at radius 3 is 2.33 bits per heavy atom. The number of aromatic nitrogens is 6. The van der Waals surface area contributed by atoms with Gasteiger partial charge in [0.15, 0.2) is 5.82 Å². The van der Waals surface area contributed by atoms with Gasteiger partial charge in [-0.2, -0.15) is 9.97 Å². The zero-order valence-electron chi connectivity index (χ0n) is 13.1. The van der Waals surface area contributed by atoms with Gasteiger partial charge in [0, 0.05) is 25.2 Å². The highest BCUT2D eigenvalue weighted by atomic mass is 16.5. The molecule has 1 aliphatic carbocycles. The summed E-state index contributed by atoms with van der Waals surface area (Å²) in [6, 6.07) is 1.73. The van der Waals surface area contributed by atoms with Crippen molar-refractivity contribution in [3.63, 3.8) is 0 Å². The van der Waals surface area contributed by atoms with Crippen molar-refractivity contribution in [2.75, 3.05) is 0 Å². The average Bonchev–Trinajstić information content (AvgIpc) is 3.35. The number of aryl methyl sites for hydroxylation is 2. The lowest BCUT2D eigenvalue weighted by molar-refractivity contribution is 0.339. The molecule has 0 radical (unpaired) electrons. The summed E-state index contributed by atoms with van der Waals surface area (Å²) in [4.78, 5) is 16.9. The Morgan fingerprint density at radius 1 is 0.917 bits per heavy atom. The van der Waals surface area contributed by atoms with Crippen LogP contribution in [-0.4, -0.2) is 30.2 Å². The second-order valence-electron chi connectivity index (χ2n) is 5.96. The zero-order valence-corrected chi connectivity index (χ0v) is 13.1. The molecular formula is C15H17N7O2. The predicted molar refractivity (Wildman–Crippen MR) is 81.4 cm³/mol. The summed E-state index contributed by atoms with van der Waals surface area (Å²) in [5.41, 5.74) is 5.89. The molecule has 1 fully saturated rings. The van der Waals surface area contributed by atoms with Crippen LogP contribution in [0.3, 0.4) is 0 Å². The Kier molecular flexibility index (Phi) is 3.77. The molecule has 0 aliphatic heterocycles. The van der Waals surface area contributed by atoms with E-state index in [1.165, 1.54) is 0 Å². The van der Waals surface area contributed by atoms with Crippen molar-refractivity contribution in [2.24, 2.45) is 5.73 Å². The molecular weight excluding hydrogens is 310 g/mol. The smallest absolute Gasteiger partial charge is 0.240 e. The topological polar surface area (TPSA) is 130 Å². The van der Waals surface area contributed by atoms with E-state index in [1.807, 2.05) is 0 Å². The summed E-state index contributed by atoms with van der Waals surface area (Å²) in [6.45, 7) is 0. The standard InChI is InChI=1S/C15H17N7O2/c16-15(6-1-2-7-15)14-20-11(24-22-14)5-4-10-19-13(21-23-10)12-17-8-3-9-18-12/h3,8-9H,1-2,4-7,16H2. The van der Waals surface area contributed by atoms with E-state index in [9.17, 15) is 0 Å². The van der Waals surface area contributed by atoms with Gasteiger partial charge in [0.25, 0.3) is 0 Å². The van der Waals surface area contributed by atoms with E-state index in [0.29, 0.717) is 42.1 Å². The average molecular weight is 327 g/mol. The molecule has 0 aromatic carbocycles. The monoisotopic (exact) mass is 327 g/mol. The summed E-state index contributed by atoms with van der Waals surface area (Å²) in [7, 11) is 0. The number of hydrogen-bond donors (Lipinski definition) is 1. The minimum atomic E-state index is -0.440. The lowest BCUT2D eigenvalue weighted by Gasteiger charge is -2.17. The van der Waals surface area contributed by atoms with Gasteiger partial charge in [-0.1, -0.05) is 23.2 Å². The molecule has 0 amide bonds. The van der Waals surface area contributed by atoms with Gasteiger partial charge >= 0.3 is 0 Å². The Balaban J connectivity index is 1.41. The first kappa shape index (κ1) is 14.9. The third-order valence-electron chi connectivity index (χ3n) is 4.20. The summed E-state index contributed by atoms with van der Waals surface area (Å²) in [6.07, 6.45) is 8.28. The van der Waals surface area contributed by atoms with Crippen molar-refractivity contribution in [2.45, 2.75) is 44.1 Å². The first-order chi connectivity index (χ1) is 11.7. The van der Waals surface area contributed by atoms with Crippen LogP contribution >= 0.6 is 0 Å². The predicted octanol–water partition coefficient (Wildman–Crippen LogP) is 1.42. The highest BCUT2D eigenvalue weighted by molar-refractivity contribution is 5.40. The Bertz CT molecular complexity index is 808. The Hall–Kier alpha value is -2.68. The lowest BCUT2D eigenvalue weighted by Crippen LogP contribution is -2.34. The second kappa shape index (κ2) is 6.08. The molecule has 3 heterocycles.